The number of aryl methyl sites for hydroxylation is 1. The molecule has 0 spiro atoms. The van der Waals surface area contributed by atoms with Gasteiger partial charge in [0.25, 0.3) is 15.9 Å². The predicted molar refractivity (Wildman–Crippen MR) is 131 cm³/mol. The Labute approximate surface area is 201 Å². The first-order valence-electron chi connectivity index (χ1n) is 10.4. The van der Waals surface area contributed by atoms with Crippen LogP contribution in [0.2, 0.25) is 0 Å². The van der Waals surface area contributed by atoms with Crippen LogP contribution in [0.5, 0.6) is 5.75 Å². The van der Waals surface area contributed by atoms with E-state index in [9.17, 15) is 13.2 Å². The van der Waals surface area contributed by atoms with E-state index in [2.05, 4.69) is 29.4 Å². The minimum absolute atomic E-state index is 0.153. The van der Waals surface area contributed by atoms with Crippen molar-refractivity contribution < 1.29 is 17.9 Å². The second kappa shape index (κ2) is 9.70. The summed E-state index contributed by atoms with van der Waals surface area (Å²) in [6.45, 7) is 5.96. The summed E-state index contributed by atoms with van der Waals surface area (Å²) < 4.78 is 34.7. The number of hydrogen-bond acceptors (Lipinski definition) is 8. The fourth-order valence-corrected chi connectivity index (χ4v) is 6.35. The molecule has 8 nitrogen and oxygen atoms in total. The smallest absolute Gasteiger partial charge is 0.269 e. The Kier molecular flexibility index (Phi) is 6.91. The van der Waals surface area contributed by atoms with Crippen molar-refractivity contribution in [2.75, 3.05) is 21.9 Å². The number of hydrogen-bond donors (Lipinski definition) is 1. The number of carbonyl (C=O) groups is 1. The summed E-state index contributed by atoms with van der Waals surface area (Å²) in [5.41, 5.74) is 1.35. The highest BCUT2D eigenvalue weighted by Crippen LogP contribution is 2.37. The largest absolute Gasteiger partial charge is 0.476 e. The summed E-state index contributed by atoms with van der Waals surface area (Å²) in [4.78, 5) is 13.1. The lowest BCUT2D eigenvalue weighted by molar-refractivity contribution is -0.122. The summed E-state index contributed by atoms with van der Waals surface area (Å²) in [6.07, 6.45) is -1.05. The Balaban J connectivity index is 1.56. The SMILES string of the molecule is Cc1ccc(S(=O)(=O)N2CC(C(=O)Nc3nnc(SCC(C)C)s3)Oc3ccccc32)cc1. The van der Waals surface area contributed by atoms with Crippen LogP contribution in [-0.2, 0) is 14.8 Å². The third-order valence-corrected chi connectivity index (χ3v) is 9.01. The van der Waals surface area contributed by atoms with Crippen LogP contribution in [0.15, 0.2) is 57.8 Å². The van der Waals surface area contributed by atoms with Crippen LogP contribution in [0.25, 0.3) is 0 Å². The number of aromatic nitrogens is 2. The molecule has 0 aliphatic carbocycles. The molecule has 4 rings (SSSR count). The second-order valence-electron chi connectivity index (χ2n) is 7.99. The topological polar surface area (TPSA) is 101 Å². The number of nitrogens with zero attached hydrogens (tertiary/aromatic N) is 3. The highest BCUT2D eigenvalue weighted by atomic mass is 32.2. The highest BCUT2D eigenvalue weighted by molar-refractivity contribution is 8.01. The number of carbonyl (C=O) groups excluding carboxylic acids is 1. The molecule has 1 unspecified atom stereocenters. The van der Waals surface area contributed by atoms with Gasteiger partial charge < -0.3 is 4.74 Å². The van der Waals surface area contributed by atoms with Crippen molar-refractivity contribution in [2.45, 2.75) is 36.1 Å². The number of ether oxygens (including phenoxy) is 1. The van der Waals surface area contributed by atoms with Gasteiger partial charge in [0, 0.05) is 5.75 Å². The van der Waals surface area contributed by atoms with E-state index in [0.717, 1.165) is 15.7 Å². The zero-order valence-electron chi connectivity index (χ0n) is 18.4. The van der Waals surface area contributed by atoms with Crippen molar-refractivity contribution in [1.82, 2.24) is 10.2 Å². The van der Waals surface area contributed by atoms with E-state index in [-0.39, 0.29) is 11.4 Å². The zero-order chi connectivity index (χ0) is 23.6. The number of para-hydroxylation sites is 2. The molecule has 1 aliphatic heterocycles. The van der Waals surface area contributed by atoms with Crippen LogP contribution in [-0.4, -0.2) is 42.9 Å². The van der Waals surface area contributed by atoms with Gasteiger partial charge in [0.05, 0.1) is 17.1 Å². The van der Waals surface area contributed by atoms with E-state index < -0.39 is 22.0 Å². The lowest BCUT2D eigenvalue weighted by Crippen LogP contribution is -2.48. The lowest BCUT2D eigenvalue weighted by Gasteiger charge is -2.34. The maximum absolute atomic E-state index is 13.4. The number of anilines is 2. The van der Waals surface area contributed by atoms with Gasteiger partial charge in [-0.3, -0.25) is 14.4 Å². The second-order valence-corrected chi connectivity index (χ2v) is 12.1. The van der Waals surface area contributed by atoms with Gasteiger partial charge in [0.1, 0.15) is 5.75 Å². The molecule has 1 N–H and O–H groups in total. The van der Waals surface area contributed by atoms with Crippen molar-refractivity contribution in [2.24, 2.45) is 5.92 Å². The first kappa shape index (κ1) is 23.5. The Morgan fingerprint density at radius 3 is 2.67 bits per heavy atom. The fourth-order valence-electron chi connectivity index (χ4n) is 3.15. The van der Waals surface area contributed by atoms with Gasteiger partial charge in [0.15, 0.2) is 10.4 Å². The molecule has 1 aromatic heterocycles. The van der Waals surface area contributed by atoms with Crippen LogP contribution >= 0.6 is 23.1 Å². The van der Waals surface area contributed by atoms with Gasteiger partial charge in [-0.15, -0.1) is 10.2 Å². The molecule has 0 fully saturated rings. The van der Waals surface area contributed by atoms with E-state index in [1.807, 2.05) is 6.92 Å². The first-order valence-corrected chi connectivity index (χ1v) is 13.6. The average molecular weight is 505 g/mol. The number of benzene rings is 2. The molecule has 1 aliphatic rings. The molecule has 0 saturated heterocycles. The quantitative estimate of drug-likeness (QED) is 0.380. The van der Waals surface area contributed by atoms with Crippen LogP contribution in [0.1, 0.15) is 19.4 Å². The van der Waals surface area contributed by atoms with E-state index in [0.29, 0.717) is 22.5 Å². The zero-order valence-corrected chi connectivity index (χ0v) is 20.8. The lowest BCUT2D eigenvalue weighted by atomic mass is 10.2. The number of nitrogens with one attached hydrogen (secondary N) is 1. The molecule has 0 bridgehead atoms. The van der Waals surface area contributed by atoms with Crippen molar-refractivity contribution in [3.63, 3.8) is 0 Å². The minimum Gasteiger partial charge on any atom is -0.476 e. The normalized spacial score (nSPS) is 15.8. The highest BCUT2D eigenvalue weighted by Gasteiger charge is 2.37. The fraction of sp³-hybridized carbons (Fsp3) is 0.318. The summed E-state index contributed by atoms with van der Waals surface area (Å²) in [5, 5.41) is 11.2. The van der Waals surface area contributed by atoms with Crippen molar-refractivity contribution in [3.8, 4) is 5.75 Å². The molecule has 2 heterocycles. The van der Waals surface area contributed by atoms with Gasteiger partial charge in [0.2, 0.25) is 5.13 Å². The van der Waals surface area contributed by atoms with Gasteiger partial charge in [-0.05, 0) is 37.1 Å². The van der Waals surface area contributed by atoms with E-state index in [1.54, 1.807) is 60.3 Å². The number of rotatable bonds is 7. The minimum atomic E-state index is -3.90. The molecule has 0 radical (unpaired) electrons. The standard InChI is InChI=1S/C22H24N4O4S3/c1-14(2)13-31-22-25-24-21(32-22)23-20(27)19-12-26(17-6-4-5-7-18(17)30-19)33(28,29)16-10-8-15(3)9-11-16/h4-11,14,19H,12-13H2,1-3H3,(H,23,24,27). The summed E-state index contributed by atoms with van der Waals surface area (Å²) in [7, 11) is -3.90. The van der Waals surface area contributed by atoms with Gasteiger partial charge in [-0.25, -0.2) is 8.42 Å². The summed E-state index contributed by atoms with van der Waals surface area (Å²) in [6, 6.07) is 13.4. The van der Waals surface area contributed by atoms with Crippen LogP contribution < -0.4 is 14.4 Å². The molecule has 3 aromatic rings. The Hall–Kier alpha value is -2.63. The number of fused-ring (bicyclic) bond motifs is 1. The maximum atomic E-state index is 13.4. The molecular formula is C22H24N4O4S3. The molecule has 33 heavy (non-hydrogen) atoms. The first-order chi connectivity index (χ1) is 15.7. The van der Waals surface area contributed by atoms with Gasteiger partial charge in [-0.1, -0.05) is 66.8 Å². The molecule has 0 saturated carbocycles. The average Bonchev–Trinajstić information content (AvgIpc) is 3.24. The molecule has 11 heteroatoms. The Morgan fingerprint density at radius 2 is 1.94 bits per heavy atom. The monoisotopic (exact) mass is 504 g/mol. The number of sulfonamides is 1. The van der Waals surface area contributed by atoms with Crippen LogP contribution in [0.4, 0.5) is 10.8 Å². The van der Waals surface area contributed by atoms with Crippen molar-refractivity contribution >= 4 is 49.8 Å². The molecule has 1 atom stereocenters. The van der Waals surface area contributed by atoms with Crippen LogP contribution in [0, 0.1) is 12.8 Å². The van der Waals surface area contributed by atoms with Gasteiger partial charge >= 0.3 is 0 Å². The van der Waals surface area contributed by atoms with Crippen molar-refractivity contribution in [3.05, 3.63) is 54.1 Å². The molecular weight excluding hydrogens is 480 g/mol. The molecule has 174 valence electrons. The van der Waals surface area contributed by atoms with Gasteiger partial charge in [-0.2, -0.15) is 0 Å². The summed E-state index contributed by atoms with van der Waals surface area (Å²) in [5.74, 6) is 1.25. The van der Waals surface area contributed by atoms with Crippen molar-refractivity contribution in [1.29, 1.82) is 0 Å². The third kappa shape index (κ3) is 5.31. The number of thioether (sulfide) groups is 1. The number of amides is 1. The van der Waals surface area contributed by atoms with E-state index in [4.69, 9.17) is 4.74 Å². The van der Waals surface area contributed by atoms with E-state index in [1.165, 1.54) is 15.6 Å². The summed E-state index contributed by atoms with van der Waals surface area (Å²) >= 11 is 2.86. The predicted octanol–water partition coefficient (Wildman–Crippen LogP) is 4.19. The molecule has 2 aromatic carbocycles. The van der Waals surface area contributed by atoms with Crippen LogP contribution in [0.3, 0.4) is 0 Å². The maximum Gasteiger partial charge on any atom is 0.269 e. The molecule has 1 amide bonds. The third-order valence-electron chi connectivity index (χ3n) is 4.81. The van der Waals surface area contributed by atoms with E-state index >= 15 is 0 Å². The Bertz CT molecular complexity index is 1240. The Morgan fingerprint density at radius 1 is 1.21 bits per heavy atom.